The number of hydrogen-bond donors (Lipinski definition) is 0. The normalized spacial score (nSPS) is 10.7. The van der Waals surface area contributed by atoms with E-state index in [1.165, 1.54) is 27.8 Å². The van der Waals surface area contributed by atoms with E-state index in [4.69, 9.17) is 0 Å². The van der Waals surface area contributed by atoms with E-state index in [1.54, 1.807) is 0 Å². The van der Waals surface area contributed by atoms with Gasteiger partial charge in [-0.1, -0.05) is 78.9 Å². The molecule has 0 aliphatic rings. The van der Waals surface area contributed by atoms with E-state index in [-0.39, 0.29) is 0 Å². The first-order valence-corrected chi connectivity index (χ1v) is 10.1. The summed E-state index contributed by atoms with van der Waals surface area (Å²) >= 11 is 0. The van der Waals surface area contributed by atoms with Gasteiger partial charge in [-0.3, -0.25) is 4.98 Å². The van der Waals surface area contributed by atoms with Gasteiger partial charge in [0.05, 0.1) is 5.56 Å². The van der Waals surface area contributed by atoms with E-state index in [9.17, 15) is 0 Å². The first kappa shape index (κ1) is 18.0. The molecule has 0 aliphatic carbocycles. The summed E-state index contributed by atoms with van der Waals surface area (Å²) in [4.78, 5) is 4.21. The Balaban J connectivity index is 1.85. The summed E-state index contributed by atoms with van der Waals surface area (Å²) in [6.45, 7) is 0. The predicted octanol–water partition coefficient (Wildman–Crippen LogP) is 6.36. The molecule has 0 spiro atoms. The summed E-state index contributed by atoms with van der Waals surface area (Å²) in [7, 11) is 0. The molecule has 3 aromatic carbocycles. The SMILES string of the molecule is c1ccc(-c2cc(-c3ccccc3)[n+](-c3ccncc3)cc2-c2ccccc2)cc1. The maximum atomic E-state index is 4.21. The molecule has 2 heterocycles. The standard InChI is InChI=1S/C28H21N2/c1-4-10-22(11-5-1)26-20-28(24-14-8-3-9-15-24)30(25-16-18-29-19-17-25)21-27(26)23-12-6-2-7-13-23/h1-21H/q+1. The summed E-state index contributed by atoms with van der Waals surface area (Å²) in [5.74, 6) is 0. The van der Waals surface area contributed by atoms with Crippen LogP contribution in [0.4, 0.5) is 0 Å². The van der Waals surface area contributed by atoms with Gasteiger partial charge in [0.1, 0.15) is 0 Å². The van der Waals surface area contributed by atoms with Crippen LogP contribution in [0.1, 0.15) is 0 Å². The van der Waals surface area contributed by atoms with Gasteiger partial charge in [0.2, 0.25) is 11.4 Å². The van der Waals surface area contributed by atoms with Crippen LogP contribution in [0.2, 0.25) is 0 Å². The van der Waals surface area contributed by atoms with Crippen LogP contribution < -0.4 is 4.57 Å². The largest absolute Gasteiger partial charge is 0.264 e. The van der Waals surface area contributed by atoms with Crippen molar-refractivity contribution in [2.75, 3.05) is 0 Å². The molecule has 0 aliphatic heterocycles. The quantitative estimate of drug-likeness (QED) is 0.329. The molecule has 0 radical (unpaired) electrons. The molecular formula is C28H21N2+. The monoisotopic (exact) mass is 385 g/mol. The van der Waals surface area contributed by atoms with Gasteiger partial charge < -0.3 is 0 Å². The Hall–Kier alpha value is -4.04. The molecule has 5 aromatic rings. The molecule has 0 saturated heterocycles. The van der Waals surface area contributed by atoms with Gasteiger partial charge in [-0.2, -0.15) is 4.57 Å². The maximum Gasteiger partial charge on any atom is 0.219 e. The third-order valence-corrected chi connectivity index (χ3v) is 5.27. The van der Waals surface area contributed by atoms with Gasteiger partial charge in [-0.05, 0) is 23.3 Å². The van der Waals surface area contributed by atoms with Gasteiger partial charge in [-0.25, -0.2) is 0 Å². The van der Waals surface area contributed by atoms with Crippen LogP contribution >= 0.6 is 0 Å². The topological polar surface area (TPSA) is 16.8 Å². The van der Waals surface area contributed by atoms with E-state index in [0.717, 1.165) is 11.4 Å². The Morgan fingerprint density at radius 1 is 0.500 bits per heavy atom. The first-order chi connectivity index (χ1) is 14.9. The van der Waals surface area contributed by atoms with Gasteiger partial charge in [-0.15, -0.1) is 0 Å². The second kappa shape index (κ2) is 8.14. The van der Waals surface area contributed by atoms with Crippen LogP contribution in [0.5, 0.6) is 0 Å². The van der Waals surface area contributed by atoms with E-state index in [1.807, 2.05) is 24.5 Å². The molecule has 0 unspecified atom stereocenters. The minimum absolute atomic E-state index is 1.08. The molecule has 5 rings (SSSR count). The molecule has 0 fully saturated rings. The average molecular weight is 385 g/mol. The molecular weight excluding hydrogens is 364 g/mol. The van der Waals surface area contributed by atoms with Crippen molar-refractivity contribution < 1.29 is 4.57 Å². The first-order valence-electron chi connectivity index (χ1n) is 10.1. The van der Waals surface area contributed by atoms with Gasteiger partial charge in [0.25, 0.3) is 0 Å². The van der Waals surface area contributed by atoms with Crippen molar-refractivity contribution in [3.8, 4) is 39.2 Å². The van der Waals surface area contributed by atoms with Crippen molar-refractivity contribution >= 4 is 0 Å². The smallest absolute Gasteiger partial charge is 0.219 e. The number of rotatable bonds is 4. The van der Waals surface area contributed by atoms with E-state index in [0.29, 0.717) is 0 Å². The molecule has 0 saturated carbocycles. The van der Waals surface area contributed by atoms with Crippen LogP contribution in [0.25, 0.3) is 39.2 Å². The van der Waals surface area contributed by atoms with Gasteiger partial charge >= 0.3 is 0 Å². The van der Waals surface area contributed by atoms with Crippen LogP contribution in [0.15, 0.2) is 128 Å². The molecule has 2 nitrogen and oxygen atoms in total. The Morgan fingerprint density at radius 3 is 1.57 bits per heavy atom. The number of benzene rings is 3. The van der Waals surface area contributed by atoms with Crippen LogP contribution in [0, 0.1) is 0 Å². The second-order valence-corrected chi connectivity index (χ2v) is 7.16. The molecule has 0 N–H and O–H groups in total. The molecule has 2 heteroatoms. The summed E-state index contributed by atoms with van der Waals surface area (Å²) in [6, 6.07) is 38.1. The zero-order valence-corrected chi connectivity index (χ0v) is 16.5. The lowest BCUT2D eigenvalue weighted by molar-refractivity contribution is -0.583. The molecule has 0 atom stereocenters. The minimum Gasteiger partial charge on any atom is -0.264 e. The highest BCUT2D eigenvalue weighted by Gasteiger charge is 2.22. The van der Waals surface area contributed by atoms with Crippen molar-refractivity contribution in [1.82, 2.24) is 4.98 Å². The highest BCUT2D eigenvalue weighted by molar-refractivity contribution is 5.84. The van der Waals surface area contributed by atoms with E-state index in [2.05, 4.69) is 113 Å². The Morgan fingerprint density at radius 2 is 1.00 bits per heavy atom. The molecule has 2 aromatic heterocycles. The Bertz CT molecular complexity index is 1050. The fourth-order valence-corrected chi connectivity index (χ4v) is 3.81. The van der Waals surface area contributed by atoms with E-state index < -0.39 is 0 Å². The maximum absolute atomic E-state index is 4.21. The van der Waals surface area contributed by atoms with Crippen molar-refractivity contribution in [2.45, 2.75) is 0 Å². The fraction of sp³-hybridized carbons (Fsp3) is 0. The van der Waals surface area contributed by atoms with Crippen molar-refractivity contribution in [3.63, 3.8) is 0 Å². The third-order valence-electron chi connectivity index (χ3n) is 5.27. The number of nitrogens with zero attached hydrogens (tertiary/aromatic N) is 2. The lowest BCUT2D eigenvalue weighted by atomic mass is 9.94. The summed E-state index contributed by atoms with van der Waals surface area (Å²) < 4.78 is 2.26. The zero-order chi connectivity index (χ0) is 20.2. The zero-order valence-electron chi connectivity index (χ0n) is 16.5. The second-order valence-electron chi connectivity index (χ2n) is 7.16. The van der Waals surface area contributed by atoms with Crippen molar-refractivity contribution in [3.05, 3.63) is 128 Å². The van der Waals surface area contributed by atoms with Gasteiger partial charge in [0.15, 0.2) is 6.20 Å². The molecule has 0 bridgehead atoms. The summed E-state index contributed by atoms with van der Waals surface area (Å²) in [6.07, 6.45) is 5.92. The summed E-state index contributed by atoms with van der Waals surface area (Å²) in [5.41, 5.74) is 8.20. The van der Waals surface area contributed by atoms with E-state index >= 15 is 0 Å². The number of hydrogen-bond acceptors (Lipinski definition) is 1. The van der Waals surface area contributed by atoms with Crippen molar-refractivity contribution in [2.24, 2.45) is 0 Å². The molecule has 0 amide bonds. The molecule has 30 heavy (non-hydrogen) atoms. The average Bonchev–Trinajstić information content (AvgIpc) is 2.85. The highest BCUT2D eigenvalue weighted by atomic mass is 15.0. The highest BCUT2D eigenvalue weighted by Crippen LogP contribution is 2.34. The summed E-state index contributed by atoms with van der Waals surface area (Å²) in [5, 5.41) is 0. The van der Waals surface area contributed by atoms with Crippen LogP contribution in [0.3, 0.4) is 0 Å². The third kappa shape index (κ3) is 3.51. The van der Waals surface area contributed by atoms with Crippen LogP contribution in [-0.4, -0.2) is 4.98 Å². The van der Waals surface area contributed by atoms with Gasteiger partial charge in [0, 0.05) is 41.7 Å². The lowest BCUT2D eigenvalue weighted by Crippen LogP contribution is -2.33. The van der Waals surface area contributed by atoms with Crippen molar-refractivity contribution in [1.29, 1.82) is 0 Å². The minimum atomic E-state index is 1.08. The Kier molecular flexibility index (Phi) is 4.89. The van der Waals surface area contributed by atoms with Crippen LogP contribution in [-0.2, 0) is 0 Å². The Labute approximate surface area is 176 Å². The number of aromatic nitrogens is 2. The lowest BCUT2D eigenvalue weighted by Gasteiger charge is -2.13. The fourth-order valence-electron chi connectivity index (χ4n) is 3.81. The predicted molar refractivity (Wildman–Crippen MR) is 122 cm³/mol. The molecule has 142 valence electrons. The number of pyridine rings is 2.